The highest BCUT2D eigenvalue weighted by atomic mass is 16.3. The van der Waals surface area contributed by atoms with Crippen molar-refractivity contribution < 1.29 is 15.3 Å². The van der Waals surface area contributed by atoms with Gasteiger partial charge in [0.25, 0.3) is 0 Å². The van der Waals surface area contributed by atoms with Crippen LogP contribution in [0.4, 0.5) is 0 Å². The summed E-state index contributed by atoms with van der Waals surface area (Å²) in [5.41, 5.74) is 2.95. The van der Waals surface area contributed by atoms with Crippen LogP contribution in [0, 0.1) is 11.3 Å². The van der Waals surface area contributed by atoms with E-state index in [0.717, 1.165) is 30.4 Å². The van der Waals surface area contributed by atoms with Crippen molar-refractivity contribution in [1.29, 1.82) is 0 Å². The highest BCUT2D eigenvalue weighted by molar-refractivity contribution is 5.49. The molecule has 128 valence electrons. The average Bonchev–Trinajstić information content (AvgIpc) is 2.45. The van der Waals surface area contributed by atoms with Crippen LogP contribution in [0.1, 0.15) is 69.6 Å². The number of hydrogen-bond acceptors (Lipinski definition) is 3. The van der Waals surface area contributed by atoms with Crippen LogP contribution in [0.2, 0.25) is 0 Å². The molecule has 0 saturated heterocycles. The summed E-state index contributed by atoms with van der Waals surface area (Å²) in [6.45, 7) is 8.67. The van der Waals surface area contributed by atoms with E-state index >= 15 is 0 Å². The van der Waals surface area contributed by atoms with Crippen molar-refractivity contribution in [2.75, 3.05) is 6.61 Å². The molecule has 2 aliphatic carbocycles. The Labute approximate surface area is 139 Å². The molecule has 1 fully saturated rings. The normalized spacial score (nSPS) is 36.7. The number of benzene rings is 1. The van der Waals surface area contributed by atoms with Crippen molar-refractivity contribution in [3.8, 4) is 5.75 Å². The Bertz CT molecular complexity index is 609. The Balaban J connectivity index is 2.18. The molecule has 1 saturated carbocycles. The van der Waals surface area contributed by atoms with Crippen molar-refractivity contribution in [2.45, 2.75) is 70.8 Å². The third-order valence-electron chi connectivity index (χ3n) is 6.55. The first-order chi connectivity index (χ1) is 10.7. The zero-order valence-electron chi connectivity index (χ0n) is 14.8. The van der Waals surface area contributed by atoms with Crippen LogP contribution in [0.5, 0.6) is 5.75 Å². The predicted molar refractivity (Wildman–Crippen MR) is 91.8 cm³/mol. The Hall–Kier alpha value is -1.06. The summed E-state index contributed by atoms with van der Waals surface area (Å²) < 4.78 is 0. The SMILES string of the molecule is CC(C)c1cc2c(cc1O)C[C@@H](O)[C@H]1[C@](C)(CO)CCC[C@]21C. The van der Waals surface area contributed by atoms with Gasteiger partial charge in [0.05, 0.1) is 6.10 Å². The van der Waals surface area contributed by atoms with E-state index in [0.29, 0.717) is 12.2 Å². The van der Waals surface area contributed by atoms with Crippen LogP contribution in [0.3, 0.4) is 0 Å². The number of rotatable bonds is 2. The second-order valence-electron chi connectivity index (χ2n) is 8.56. The zero-order chi connectivity index (χ0) is 17.0. The second-order valence-corrected chi connectivity index (χ2v) is 8.56. The van der Waals surface area contributed by atoms with E-state index in [9.17, 15) is 15.3 Å². The molecule has 0 aliphatic heterocycles. The average molecular weight is 318 g/mol. The Kier molecular flexibility index (Phi) is 4.01. The van der Waals surface area contributed by atoms with Crippen molar-refractivity contribution in [3.05, 3.63) is 28.8 Å². The number of aliphatic hydroxyl groups is 2. The molecular formula is C20H30O3. The molecule has 3 nitrogen and oxygen atoms in total. The van der Waals surface area contributed by atoms with Crippen LogP contribution in [0.25, 0.3) is 0 Å². The van der Waals surface area contributed by atoms with Gasteiger partial charge >= 0.3 is 0 Å². The first-order valence-corrected chi connectivity index (χ1v) is 8.88. The smallest absolute Gasteiger partial charge is 0.119 e. The standard InChI is InChI=1S/C20H30O3/c1-12(2)14-10-15-13(8-16(14)22)9-17(23)18-19(3,11-21)6-5-7-20(15,18)4/h8,10,12,17-18,21-23H,5-7,9,11H2,1-4H3/t17-,18+,19+,20-/m1/s1. The van der Waals surface area contributed by atoms with Crippen molar-refractivity contribution >= 4 is 0 Å². The third kappa shape index (κ3) is 2.40. The second kappa shape index (κ2) is 5.49. The molecule has 0 spiro atoms. The number of phenolic OH excluding ortho intramolecular Hbond substituents is 1. The molecule has 0 heterocycles. The van der Waals surface area contributed by atoms with Gasteiger partial charge in [-0.2, -0.15) is 0 Å². The van der Waals surface area contributed by atoms with Crippen LogP contribution in [0.15, 0.2) is 12.1 Å². The van der Waals surface area contributed by atoms with E-state index in [1.165, 1.54) is 5.56 Å². The maximum absolute atomic E-state index is 10.9. The maximum Gasteiger partial charge on any atom is 0.119 e. The first kappa shape index (κ1) is 16.8. The third-order valence-corrected chi connectivity index (χ3v) is 6.55. The molecule has 0 radical (unpaired) electrons. The lowest BCUT2D eigenvalue weighted by Gasteiger charge is -2.56. The molecule has 3 N–H and O–H groups in total. The topological polar surface area (TPSA) is 60.7 Å². The molecule has 1 aromatic rings. The summed E-state index contributed by atoms with van der Waals surface area (Å²) in [4.78, 5) is 0. The Morgan fingerprint density at radius 3 is 2.52 bits per heavy atom. The van der Waals surface area contributed by atoms with Crippen LogP contribution in [-0.4, -0.2) is 28.0 Å². The summed E-state index contributed by atoms with van der Waals surface area (Å²) in [6.07, 6.45) is 3.16. The molecule has 0 aromatic heterocycles. The van der Waals surface area contributed by atoms with Crippen molar-refractivity contribution in [1.82, 2.24) is 0 Å². The van der Waals surface area contributed by atoms with Gasteiger partial charge in [0.1, 0.15) is 5.75 Å². The first-order valence-electron chi connectivity index (χ1n) is 8.88. The molecule has 3 rings (SSSR count). The minimum atomic E-state index is -0.464. The molecule has 23 heavy (non-hydrogen) atoms. The van der Waals surface area contributed by atoms with Gasteiger partial charge in [-0.3, -0.25) is 0 Å². The lowest BCUT2D eigenvalue weighted by atomic mass is 9.49. The Morgan fingerprint density at radius 2 is 1.91 bits per heavy atom. The maximum atomic E-state index is 10.9. The predicted octanol–water partition coefficient (Wildman–Crippen LogP) is 3.49. The van der Waals surface area contributed by atoms with E-state index < -0.39 is 6.10 Å². The van der Waals surface area contributed by atoms with E-state index in [-0.39, 0.29) is 29.3 Å². The fourth-order valence-corrected chi connectivity index (χ4v) is 5.46. The fourth-order valence-electron chi connectivity index (χ4n) is 5.46. The van der Waals surface area contributed by atoms with Crippen LogP contribution in [-0.2, 0) is 11.8 Å². The molecule has 0 unspecified atom stereocenters. The fraction of sp³-hybridized carbons (Fsp3) is 0.700. The number of aliphatic hydroxyl groups excluding tert-OH is 2. The molecule has 2 aliphatic rings. The quantitative estimate of drug-likeness (QED) is 0.782. The minimum absolute atomic E-state index is 0.0609. The summed E-state index contributed by atoms with van der Waals surface area (Å²) in [7, 11) is 0. The molecule has 0 bridgehead atoms. The molecule has 3 heteroatoms. The van der Waals surface area contributed by atoms with Gasteiger partial charge in [-0.15, -0.1) is 0 Å². The van der Waals surface area contributed by atoms with Gasteiger partial charge in [-0.05, 0) is 58.8 Å². The van der Waals surface area contributed by atoms with Gasteiger partial charge in [0, 0.05) is 12.5 Å². The zero-order valence-corrected chi connectivity index (χ0v) is 14.8. The summed E-state index contributed by atoms with van der Waals surface area (Å²) >= 11 is 0. The van der Waals surface area contributed by atoms with Gasteiger partial charge in [0.15, 0.2) is 0 Å². The molecular weight excluding hydrogens is 288 g/mol. The number of phenols is 1. The van der Waals surface area contributed by atoms with Gasteiger partial charge in [-0.25, -0.2) is 0 Å². The van der Waals surface area contributed by atoms with E-state index in [1.54, 1.807) is 0 Å². The highest BCUT2D eigenvalue weighted by Gasteiger charge is 2.55. The summed E-state index contributed by atoms with van der Waals surface area (Å²) in [5.74, 6) is 0.668. The van der Waals surface area contributed by atoms with E-state index in [2.05, 4.69) is 33.8 Å². The number of hydrogen-bond donors (Lipinski definition) is 3. The largest absolute Gasteiger partial charge is 0.508 e. The monoisotopic (exact) mass is 318 g/mol. The van der Waals surface area contributed by atoms with Crippen molar-refractivity contribution in [2.24, 2.45) is 11.3 Å². The summed E-state index contributed by atoms with van der Waals surface area (Å²) in [5, 5.41) is 31.2. The van der Waals surface area contributed by atoms with Crippen molar-refractivity contribution in [3.63, 3.8) is 0 Å². The summed E-state index contributed by atoms with van der Waals surface area (Å²) in [6, 6.07) is 4.03. The number of fused-ring (bicyclic) bond motifs is 3. The Morgan fingerprint density at radius 1 is 1.22 bits per heavy atom. The van der Waals surface area contributed by atoms with Crippen LogP contribution >= 0.6 is 0 Å². The van der Waals surface area contributed by atoms with Gasteiger partial charge < -0.3 is 15.3 Å². The van der Waals surface area contributed by atoms with E-state index in [1.807, 2.05) is 6.07 Å². The molecule has 0 amide bonds. The van der Waals surface area contributed by atoms with Crippen LogP contribution < -0.4 is 0 Å². The number of aromatic hydroxyl groups is 1. The van der Waals surface area contributed by atoms with Gasteiger partial charge in [-0.1, -0.05) is 40.2 Å². The van der Waals surface area contributed by atoms with E-state index in [4.69, 9.17) is 0 Å². The minimum Gasteiger partial charge on any atom is -0.508 e. The molecule has 1 aromatic carbocycles. The lowest BCUT2D eigenvalue weighted by molar-refractivity contribution is -0.0847. The molecule has 4 atom stereocenters. The highest BCUT2D eigenvalue weighted by Crippen LogP contribution is 2.57. The van der Waals surface area contributed by atoms with Gasteiger partial charge in [0.2, 0.25) is 0 Å². The lowest BCUT2D eigenvalue weighted by Crippen LogP contribution is -2.56.